The number of nitrogens with two attached hydrogens (primary N) is 1. The van der Waals surface area contributed by atoms with Crippen molar-refractivity contribution in [3.05, 3.63) is 30.1 Å². The van der Waals surface area contributed by atoms with E-state index < -0.39 is 12.0 Å². The zero-order valence-electron chi connectivity index (χ0n) is 10.9. The van der Waals surface area contributed by atoms with Gasteiger partial charge in [-0.15, -0.1) is 0 Å². The van der Waals surface area contributed by atoms with Gasteiger partial charge in [-0.05, 0) is 25.5 Å². The van der Waals surface area contributed by atoms with Crippen molar-refractivity contribution in [2.75, 3.05) is 6.54 Å². The maximum Gasteiger partial charge on any atom is 0.328 e. The third kappa shape index (κ3) is 6.75. The van der Waals surface area contributed by atoms with Gasteiger partial charge in [0.2, 0.25) is 0 Å². The molecule has 0 aliphatic heterocycles. The van der Waals surface area contributed by atoms with Crippen molar-refractivity contribution in [3.8, 4) is 0 Å². The molecule has 18 heavy (non-hydrogen) atoms. The minimum absolute atomic E-state index is 0.461. The minimum atomic E-state index is -0.923. The summed E-state index contributed by atoms with van der Waals surface area (Å²) in [5.41, 5.74) is 6.12. The summed E-state index contributed by atoms with van der Waals surface area (Å²) in [5, 5.41) is 8.91. The monoisotopic (exact) mass is 251 g/mol. The van der Waals surface area contributed by atoms with Gasteiger partial charge in [0, 0.05) is 24.2 Å². The van der Waals surface area contributed by atoms with Crippen molar-refractivity contribution in [2.24, 2.45) is 10.7 Å². The lowest BCUT2D eigenvalue weighted by atomic mass is 10.1. The molecular weight excluding hydrogens is 230 g/mol. The fourth-order valence-electron chi connectivity index (χ4n) is 1.20. The Morgan fingerprint density at radius 1 is 1.61 bits per heavy atom. The highest BCUT2D eigenvalue weighted by molar-refractivity contribution is 5.82. The first-order valence-electron chi connectivity index (χ1n) is 6.10. The Hall–Kier alpha value is -1.75. The summed E-state index contributed by atoms with van der Waals surface area (Å²) in [6.45, 7) is 4.48. The summed E-state index contributed by atoms with van der Waals surface area (Å²) < 4.78 is 0. The number of aromatic nitrogens is 1. The van der Waals surface area contributed by atoms with Gasteiger partial charge in [0.05, 0.1) is 0 Å². The number of carbonyl (C=O) groups is 1. The Balaban J connectivity index is 0.00000137. The maximum absolute atomic E-state index is 10.9. The lowest BCUT2D eigenvalue weighted by Gasteiger charge is -2.05. The van der Waals surface area contributed by atoms with Crippen LogP contribution in [0, 0.1) is 0 Å². The molecule has 5 nitrogen and oxygen atoms in total. The van der Waals surface area contributed by atoms with E-state index in [2.05, 4.69) is 9.98 Å². The van der Waals surface area contributed by atoms with Gasteiger partial charge in [0.25, 0.3) is 0 Å². The van der Waals surface area contributed by atoms with E-state index in [-0.39, 0.29) is 0 Å². The number of hydrogen-bond acceptors (Lipinski definition) is 4. The smallest absolute Gasteiger partial charge is 0.328 e. The molecule has 1 heterocycles. The zero-order chi connectivity index (χ0) is 13.8. The van der Waals surface area contributed by atoms with Crippen molar-refractivity contribution in [2.45, 2.75) is 32.7 Å². The van der Waals surface area contributed by atoms with Gasteiger partial charge in [-0.1, -0.05) is 19.9 Å². The number of carboxylic acids is 1. The van der Waals surface area contributed by atoms with Gasteiger partial charge in [0.15, 0.2) is 0 Å². The van der Waals surface area contributed by atoms with E-state index in [1.807, 2.05) is 19.9 Å². The largest absolute Gasteiger partial charge is 0.480 e. The standard InChI is InChI=1S/C11H15N3O2.C2H6/c12-5-1-4-10(11(15)16)14-8-9-3-2-6-13-7-9;1-2/h2-3,6-8,10H,1,4-5,12H2,(H,15,16);1-2H3. The van der Waals surface area contributed by atoms with E-state index in [0.717, 1.165) is 5.56 Å². The van der Waals surface area contributed by atoms with Gasteiger partial charge in [-0.3, -0.25) is 9.98 Å². The molecule has 1 aromatic heterocycles. The summed E-state index contributed by atoms with van der Waals surface area (Å²) in [5.74, 6) is -0.923. The van der Waals surface area contributed by atoms with E-state index in [4.69, 9.17) is 10.8 Å². The van der Waals surface area contributed by atoms with E-state index in [0.29, 0.717) is 19.4 Å². The molecule has 0 aliphatic carbocycles. The van der Waals surface area contributed by atoms with Gasteiger partial charge in [-0.25, -0.2) is 4.79 Å². The first-order chi connectivity index (χ1) is 8.74. The molecule has 0 radical (unpaired) electrons. The minimum Gasteiger partial charge on any atom is -0.480 e. The van der Waals surface area contributed by atoms with Crippen LogP contribution < -0.4 is 5.73 Å². The Morgan fingerprint density at radius 3 is 2.83 bits per heavy atom. The molecule has 1 unspecified atom stereocenters. The van der Waals surface area contributed by atoms with E-state index in [1.165, 1.54) is 6.21 Å². The van der Waals surface area contributed by atoms with Crippen LogP contribution in [0.25, 0.3) is 0 Å². The highest BCUT2D eigenvalue weighted by Crippen LogP contribution is 2.02. The number of carboxylic acid groups (broad SMARTS) is 1. The van der Waals surface area contributed by atoms with Crippen LogP contribution in [0.3, 0.4) is 0 Å². The Labute approximate surface area is 108 Å². The number of rotatable bonds is 6. The number of nitrogens with zero attached hydrogens (tertiary/aromatic N) is 2. The topological polar surface area (TPSA) is 88.6 Å². The highest BCUT2D eigenvalue weighted by Gasteiger charge is 2.13. The normalized spacial score (nSPS) is 11.7. The SMILES string of the molecule is CC.NCCCC(N=Cc1cccnc1)C(=O)O. The Bertz CT molecular complexity index is 353. The van der Waals surface area contributed by atoms with Gasteiger partial charge in [-0.2, -0.15) is 0 Å². The molecule has 0 spiro atoms. The predicted molar refractivity (Wildman–Crippen MR) is 72.9 cm³/mol. The number of aliphatic imine (C=N–C) groups is 1. The molecule has 1 aromatic rings. The maximum atomic E-state index is 10.9. The lowest BCUT2D eigenvalue weighted by Crippen LogP contribution is -2.19. The number of pyridine rings is 1. The quantitative estimate of drug-likeness (QED) is 0.753. The molecule has 0 saturated carbocycles. The molecule has 100 valence electrons. The van der Waals surface area contributed by atoms with Crippen LogP contribution in [0.4, 0.5) is 0 Å². The molecule has 0 saturated heterocycles. The first kappa shape index (κ1) is 16.2. The highest BCUT2D eigenvalue weighted by atomic mass is 16.4. The molecule has 5 heteroatoms. The summed E-state index contributed by atoms with van der Waals surface area (Å²) in [7, 11) is 0. The van der Waals surface area contributed by atoms with E-state index in [1.54, 1.807) is 18.5 Å². The molecule has 0 fully saturated rings. The summed E-state index contributed by atoms with van der Waals surface area (Å²) in [4.78, 5) is 18.8. The fourth-order valence-corrected chi connectivity index (χ4v) is 1.20. The zero-order valence-corrected chi connectivity index (χ0v) is 10.9. The van der Waals surface area contributed by atoms with Crippen LogP contribution in [0.2, 0.25) is 0 Å². The molecule has 1 rings (SSSR count). The summed E-state index contributed by atoms with van der Waals surface area (Å²) in [6, 6.07) is 2.87. The summed E-state index contributed by atoms with van der Waals surface area (Å²) in [6.07, 6.45) is 5.93. The average molecular weight is 251 g/mol. The van der Waals surface area contributed by atoms with Gasteiger partial charge >= 0.3 is 5.97 Å². The summed E-state index contributed by atoms with van der Waals surface area (Å²) >= 11 is 0. The second-order valence-corrected chi connectivity index (χ2v) is 3.35. The van der Waals surface area contributed by atoms with Gasteiger partial charge < -0.3 is 10.8 Å². The lowest BCUT2D eigenvalue weighted by molar-refractivity contribution is -0.138. The second-order valence-electron chi connectivity index (χ2n) is 3.35. The van der Waals surface area contributed by atoms with Gasteiger partial charge in [0.1, 0.15) is 6.04 Å². The first-order valence-corrected chi connectivity index (χ1v) is 6.10. The van der Waals surface area contributed by atoms with Crippen molar-refractivity contribution >= 4 is 12.2 Å². The Morgan fingerprint density at radius 2 is 2.33 bits per heavy atom. The van der Waals surface area contributed by atoms with Crippen molar-refractivity contribution < 1.29 is 9.90 Å². The van der Waals surface area contributed by atoms with Crippen LogP contribution in [-0.2, 0) is 4.79 Å². The van der Waals surface area contributed by atoms with Crippen molar-refractivity contribution in [1.29, 1.82) is 0 Å². The van der Waals surface area contributed by atoms with Crippen molar-refractivity contribution in [3.63, 3.8) is 0 Å². The molecule has 0 amide bonds. The molecule has 3 N–H and O–H groups in total. The van der Waals surface area contributed by atoms with Crippen LogP contribution in [0.1, 0.15) is 32.3 Å². The molecule has 1 atom stereocenters. The van der Waals surface area contributed by atoms with E-state index >= 15 is 0 Å². The third-order valence-electron chi connectivity index (χ3n) is 2.05. The molecule has 0 aliphatic rings. The van der Waals surface area contributed by atoms with E-state index in [9.17, 15) is 4.79 Å². The molecular formula is C13H21N3O2. The number of hydrogen-bond donors (Lipinski definition) is 2. The van der Waals surface area contributed by atoms with Crippen LogP contribution in [-0.4, -0.2) is 34.9 Å². The number of aliphatic carboxylic acids is 1. The van der Waals surface area contributed by atoms with Crippen molar-refractivity contribution in [1.82, 2.24) is 4.98 Å². The third-order valence-corrected chi connectivity index (χ3v) is 2.05. The Kier molecular flexibility index (Phi) is 9.40. The van der Waals surface area contributed by atoms with Crippen LogP contribution in [0.5, 0.6) is 0 Å². The van der Waals surface area contributed by atoms with Crippen LogP contribution >= 0.6 is 0 Å². The molecule has 0 bridgehead atoms. The van der Waals surface area contributed by atoms with Crippen LogP contribution in [0.15, 0.2) is 29.5 Å². The average Bonchev–Trinajstić information content (AvgIpc) is 2.42. The second kappa shape index (κ2) is 10.4. The fraction of sp³-hybridized carbons (Fsp3) is 0.462. The molecule has 0 aromatic carbocycles. The predicted octanol–water partition coefficient (Wildman–Crippen LogP) is 1.72.